The van der Waals surface area contributed by atoms with Crippen LogP contribution in [0.3, 0.4) is 0 Å². The van der Waals surface area contributed by atoms with E-state index < -0.39 is 5.91 Å². The molecule has 1 heterocycles. The summed E-state index contributed by atoms with van der Waals surface area (Å²) in [5.74, 6) is 5.25. The second-order valence-electron chi connectivity index (χ2n) is 3.81. The molecule has 1 aromatic carbocycles. The number of nitrogens with one attached hydrogen (secondary N) is 1. The summed E-state index contributed by atoms with van der Waals surface area (Å²) in [7, 11) is 0. The molecule has 5 nitrogen and oxygen atoms in total. The molecule has 0 bridgehead atoms. The van der Waals surface area contributed by atoms with Gasteiger partial charge in [0.25, 0.3) is 5.91 Å². The molecule has 0 fully saturated rings. The number of carbonyl (C=O) groups is 1. The van der Waals surface area contributed by atoms with Gasteiger partial charge in [0.2, 0.25) is 0 Å². The number of rotatable bonds is 3. The number of amides is 1. The van der Waals surface area contributed by atoms with Crippen molar-refractivity contribution in [1.82, 2.24) is 5.16 Å². The summed E-state index contributed by atoms with van der Waals surface area (Å²) in [5, 5.41) is 15.2. The lowest BCUT2D eigenvalue weighted by molar-refractivity contribution is 0.101. The molecule has 0 saturated carbocycles. The number of halogens is 1. The molecule has 1 amide bonds. The number of benzene rings is 1. The Morgan fingerprint density at radius 2 is 2.30 bits per heavy atom. The second kappa shape index (κ2) is 6.75. The first kappa shape index (κ1) is 14.1. The number of aliphatic hydroxyl groups excluding tert-OH is 1. The number of aromatic nitrogens is 1. The molecule has 0 aliphatic carbocycles. The molecule has 0 saturated heterocycles. The fraction of sp³-hybridized carbons (Fsp3) is 0.143. The average Bonchev–Trinajstić information content (AvgIpc) is 2.97. The summed E-state index contributed by atoms with van der Waals surface area (Å²) in [5.41, 5.74) is 1.30. The van der Waals surface area contributed by atoms with E-state index >= 15 is 0 Å². The van der Waals surface area contributed by atoms with Gasteiger partial charge in [-0.2, -0.15) is 0 Å². The maximum absolute atomic E-state index is 11.8. The van der Waals surface area contributed by atoms with Crippen LogP contribution in [0, 0.1) is 11.8 Å². The van der Waals surface area contributed by atoms with Crippen LogP contribution in [-0.2, 0) is 0 Å². The van der Waals surface area contributed by atoms with Crippen molar-refractivity contribution < 1.29 is 14.4 Å². The molecular formula is C14H11ClN2O3. The van der Waals surface area contributed by atoms with Crippen LogP contribution >= 0.6 is 11.6 Å². The SMILES string of the molecule is O=C(Nc1cc(C#CCCO)ccc1Cl)c1ccon1. The molecule has 2 N–H and O–H groups in total. The zero-order chi connectivity index (χ0) is 14.4. The minimum Gasteiger partial charge on any atom is -0.395 e. The Balaban J connectivity index is 2.17. The predicted octanol–water partition coefficient (Wildman–Crippen LogP) is 2.31. The van der Waals surface area contributed by atoms with Gasteiger partial charge in [-0.15, -0.1) is 0 Å². The Morgan fingerprint density at radius 1 is 1.45 bits per heavy atom. The fourth-order valence-electron chi connectivity index (χ4n) is 1.44. The standard InChI is InChI=1S/C14H11ClN2O3/c15-11-5-4-10(3-1-2-7-18)9-13(11)16-14(19)12-6-8-20-17-12/h4-6,8-9,18H,2,7H2,(H,16,19). The van der Waals surface area contributed by atoms with Crippen molar-refractivity contribution in [3.8, 4) is 11.8 Å². The molecule has 0 aliphatic heterocycles. The molecule has 0 atom stereocenters. The summed E-state index contributed by atoms with van der Waals surface area (Å²) >= 11 is 6.02. The number of hydrogen-bond donors (Lipinski definition) is 2. The lowest BCUT2D eigenvalue weighted by Gasteiger charge is -2.05. The summed E-state index contributed by atoms with van der Waals surface area (Å²) < 4.78 is 4.60. The third-order valence-corrected chi connectivity index (χ3v) is 2.68. The molecular weight excluding hydrogens is 280 g/mol. The van der Waals surface area contributed by atoms with Crippen LogP contribution < -0.4 is 5.32 Å². The Bertz CT molecular complexity index is 657. The van der Waals surface area contributed by atoms with Crippen molar-refractivity contribution in [2.24, 2.45) is 0 Å². The quantitative estimate of drug-likeness (QED) is 0.851. The van der Waals surface area contributed by atoms with Crippen LogP contribution in [-0.4, -0.2) is 22.8 Å². The van der Waals surface area contributed by atoms with Crippen molar-refractivity contribution in [3.05, 3.63) is 46.8 Å². The third kappa shape index (κ3) is 3.60. The van der Waals surface area contributed by atoms with Crippen molar-refractivity contribution in [2.75, 3.05) is 11.9 Å². The van der Waals surface area contributed by atoms with Crippen LogP contribution in [0.5, 0.6) is 0 Å². The maximum Gasteiger partial charge on any atom is 0.277 e. The highest BCUT2D eigenvalue weighted by molar-refractivity contribution is 6.33. The summed E-state index contributed by atoms with van der Waals surface area (Å²) in [6, 6.07) is 6.49. The monoisotopic (exact) mass is 290 g/mol. The van der Waals surface area contributed by atoms with Crippen LogP contribution in [0.25, 0.3) is 0 Å². The zero-order valence-electron chi connectivity index (χ0n) is 10.4. The highest BCUT2D eigenvalue weighted by Crippen LogP contribution is 2.23. The Morgan fingerprint density at radius 3 is 3.00 bits per heavy atom. The van der Waals surface area contributed by atoms with E-state index in [9.17, 15) is 4.79 Å². The van der Waals surface area contributed by atoms with E-state index in [1.54, 1.807) is 18.2 Å². The molecule has 2 aromatic rings. The van der Waals surface area contributed by atoms with Gasteiger partial charge in [0.1, 0.15) is 6.26 Å². The first-order valence-electron chi connectivity index (χ1n) is 5.81. The third-order valence-electron chi connectivity index (χ3n) is 2.35. The molecule has 0 spiro atoms. The molecule has 6 heteroatoms. The highest BCUT2D eigenvalue weighted by Gasteiger charge is 2.11. The van der Waals surface area contributed by atoms with Gasteiger partial charge in [0.05, 0.1) is 17.3 Å². The van der Waals surface area contributed by atoms with Crippen LogP contribution in [0.15, 0.2) is 35.1 Å². The summed E-state index contributed by atoms with van der Waals surface area (Å²) in [4.78, 5) is 11.8. The van der Waals surface area contributed by atoms with Crippen LogP contribution in [0.4, 0.5) is 5.69 Å². The second-order valence-corrected chi connectivity index (χ2v) is 4.22. The molecule has 0 unspecified atom stereocenters. The zero-order valence-corrected chi connectivity index (χ0v) is 11.1. The maximum atomic E-state index is 11.8. The minimum atomic E-state index is -0.416. The number of nitrogens with zero attached hydrogens (tertiary/aromatic N) is 1. The van der Waals surface area contributed by atoms with E-state index in [2.05, 4.69) is 26.8 Å². The number of anilines is 1. The molecule has 0 radical (unpaired) electrons. The average molecular weight is 291 g/mol. The van der Waals surface area contributed by atoms with Gasteiger partial charge < -0.3 is 14.9 Å². The molecule has 102 valence electrons. The Labute approximate surface area is 120 Å². The van der Waals surface area contributed by atoms with Crippen LogP contribution in [0.2, 0.25) is 5.02 Å². The van der Waals surface area contributed by atoms with Gasteiger partial charge in [-0.05, 0) is 18.2 Å². The first-order valence-corrected chi connectivity index (χ1v) is 6.19. The number of aliphatic hydroxyl groups is 1. The highest BCUT2D eigenvalue weighted by atomic mass is 35.5. The molecule has 2 rings (SSSR count). The largest absolute Gasteiger partial charge is 0.395 e. The lowest BCUT2D eigenvalue weighted by atomic mass is 10.2. The van der Waals surface area contributed by atoms with Crippen molar-refractivity contribution in [1.29, 1.82) is 0 Å². The fourth-order valence-corrected chi connectivity index (χ4v) is 1.60. The summed E-state index contributed by atoms with van der Waals surface area (Å²) in [6.45, 7) is 0.0103. The lowest BCUT2D eigenvalue weighted by Crippen LogP contribution is -2.12. The van der Waals surface area contributed by atoms with Gasteiger partial charge >= 0.3 is 0 Å². The van der Waals surface area contributed by atoms with Gasteiger partial charge in [-0.3, -0.25) is 4.79 Å². The van der Waals surface area contributed by atoms with Crippen molar-refractivity contribution >= 4 is 23.2 Å². The van der Waals surface area contributed by atoms with Crippen molar-refractivity contribution in [3.63, 3.8) is 0 Å². The number of carbonyl (C=O) groups excluding carboxylic acids is 1. The predicted molar refractivity (Wildman–Crippen MR) is 74.5 cm³/mol. The molecule has 20 heavy (non-hydrogen) atoms. The normalized spacial score (nSPS) is 9.70. The van der Waals surface area contributed by atoms with E-state index in [-0.39, 0.29) is 12.3 Å². The first-order chi connectivity index (χ1) is 9.70. The molecule has 0 aliphatic rings. The smallest absolute Gasteiger partial charge is 0.277 e. The Hall–Kier alpha value is -2.29. The van der Waals surface area contributed by atoms with Gasteiger partial charge in [-0.1, -0.05) is 28.6 Å². The minimum absolute atomic E-state index is 0.0103. The van der Waals surface area contributed by atoms with E-state index in [0.29, 0.717) is 22.7 Å². The Kier molecular flexibility index (Phi) is 4.77. The number of hydrogen-bond acceptors (Lipinski definition) is 4. The molecule has 1 aromatic heterocycles. The topological polar surface area (TPSA) is 75.4 Å². The van der Waals surface area contributed by atoms with Gasteiger partial charge in [0, 0.05) is 18.1 Å². The van der Waals surface area contributed by atoms with E-state index in [0.717, 1.165) is 0 Å². The summed E-state index contributed by atoms with van der Waals surface area (Å²) in [6.07, 6.45) is 1.70. The van der Waals surface area contributed by atoms with Crippen LogP contribution in [0.1, 0.15) is 22.5 Å². The van der Waals surface area contributed by atoms with E-state index in [4.69, 9.17) is 16.7 Å². The van der Waals surface area contributed by atoms with E-state index in [1.165, 1.54) is 12.3 Å². The van der Waals surface area contributed by atoms with E-state index in [1.807, 2.05) is 0 Å². The van der Waals surface area contributed by atoms with Gasteiger partial charge in [0.15, 0.2) is 5.69 Å². The van der Waals surface area contributed by atoms with Gasteiger partial charge in [-0.25, -0.2) is 0 Å². The van der Waals surface area contributed by atoms with Crippen molar-refractivity contribution in [2.45, 2.75) is 6.42 Å².